The Balaban J connectivity index is 1.66. The molecule has 1 N–H and O–H groups in total. The van der Waals surface area contributed by atoms with Gasteiger partial charge >= 0.3 is 0 Å². The fourth-order valence-corrected chi connectivity index (χ4v) is 3.82. The van der Waals surface area contributed by atoms with Crippen molar-refractivity contribution in [1.82, 2.24) is 14.7 Å². The fourth-order valence-electron chi connectivity index (χ4n) is 3.82. The molecule has 1 amide bonds. The molecule has 25 heavy (non-hydrogen) atoms. The van der Waals surface area contributed by atoms with Gasteiger partial charge in [0.05, 0.1) is 17.2 Å². The van der Waals surface area contributed by atoms with Crippen molar-refractivity contribution < 1.29 is 9.90 Å². The van der Waals surface area contributed by atoms with Crippen LogP contribution >= 0.6 is 0 Å². The van der Waals surface area contributed by atoms with E-state index >= 15 is 0 Å². The van der Waals surface area contributed by atoms with Crippen LogP contribution in [0.2, 0.25) is 0 Å². The molecule has 134 valence electrons. The molecule has 2 fully saturated rings. The molecule has 2 heterocycles. The Morgan fingerprint density at radius 1 is 1.20 bits per heavy atom. The van der Waals surface area contributed by atoms with Crippen LogP contribution in [0.1, 0.15) is 15.9 Å². The zero-order valence-corrected chi connectivity index (χ0v) is 14.8. The van der Waals surface area contributed by atoms with Gasteiger partial charge in [0.25, 0.3) is 5.91 Å². The molecular formula is C19H26N4O2. The van der Waals surface area contributed by atoms with Crippen molar-refractivity contribution in [2.75, 3.05) is 59.5 Å². The predicted molar refractivity (Wildman–Crippen MR) is 95.1 cm³/mol. The monoisotopic (exact) mass is 342 g/mol. The van der Waals surface area contributed by atoms with E-state index < -0.39 is 0 Å². The highest BCUT2D eigenvalue weighted by Crippen LogP contribution is 2.26. The zero-order chi connectivity index (χ0) is 17.8. The van der Waals surface area contributed by atoms with Crippen LogP contribution in [0, 0.1) is 23.2 Å². The third-order valence-corrected chi connectivity index (χ3v) is 5.46. The SMILES string of the molecule is CN1CCN(C[C@@H]2CN(C(=O)c3ccccc3C#N)C[C@@H]2CO)CC1. The molecule has 2 atom stereocenters. The van der Waals surface area contributed by atoms with Crippen molar-refractivity contribution in [1.29, 1.82) is 5.26 Å². The number of aliphatic hydroxyl groups excluding tert-OH is 1. The number of nitrogens with zero attached hydrogens (tertiary/aromatic N) is 4. The van der Waals surface area contributed by atoms with E-state index in [2.05, 4.69) is 22.9 Å². The Kier molecular flexibility index (Phi) is 5.69. The average Bonchev–Trinajstić information content (AvgIpc) is 3.05. The van der Waals surface area contributed by atoms with Gasteiger partial charge in [0, 0.05) is 58.3 Å². The second-order valence-corrected chi connectivity index (χ2v) is 7.17. The number of piperazine rings is 1. The predicted octanol–water partition coefficient (Wildman–Crippen LogP) is 0.486. The minimum atomic E-state index is -0.100. The summed E-state index contributed by atoms with van der Waals surface area (Å²) in [6.07, 6.45) is 0. The van der Waals surface area contributed by atoms with Crippen molar-refractivity contribution in [2.24, 2.45) is 11.8 Å². The second kappa shape index (κ2) is 7.96. The first-order valence-electron chi connectivity index (χ1n) is 8.92. The van der Waals surface area contributed by atoms with E-state index in [0.717, 1.165) is 32.7 Å². The van der Waals surface area contributed by atoms with Crippen molar-refractivity contribution >= 4 is 5.91 Å². The van der Waals surface area contributed by atoms with Crippen LogP contribution in [0.5, 0.6) is 0 Å². The van der Waals surface area contributed by atoms with Crippen molar-refractivity contribution in [2.45, 2.75) is 0 Å². The van der Waals surface area contributed by atoms with E-state index in [1.165, 1.54) is 0 Å². The van der Waals surface area contributed by atoms with E-state index in [-0.39, 0.29) is 24.3 Å². The molecule has 0 aliphatic carbocycles. The maximum Gasteiger partial charge on any atom is 0.255 e. The first-order chi connectivity index (χ1) is 12.1. The second-order valence-electron chi connectivity index (χ2n) is 7.17. The van der Waals surface area contributed by atoms with Gasteiger partial charge in [-0.25, -0.2) is 0 Å². The molecule has 2 aliphatic heterocycles. The maximum absolute atomic E-state index is 12.8. The normalized spacial score (nSPS) is 25.1. The number of hydrogen-bond donors (Lipinski definition) is 1. The maximum atomic E-state index is 12.8. The molecule has 3 rings (SSSR count). The quantitative estimate of drug-likeness (QED) is 0.862. The van der Waals surface area contributed by atoms with Gasteiger partial charge in [-0.3, -0.25) is 4.79 Å². The topological polar surface area (TPSA) is 70.8 Å². The molecule has 0 radical (unpaired) electrons. The summed E-state index contributed by atoms with van der Waals surface area (Å²) in [5.74, 6) is 0.293. The first-order valence-corrected chi connectivity index (χ1v) is 8.92. The molecule has 0 unspecified atom stereocenters. The van der Waals surface area contributed by atoms with Crippen molar-refractivity contribution in [3.8, 4) is 6.07 Å². The lowest BCUT2D eigenvalue weighted by atomic mass is 9.96. The summed E-state index contributed by atoms with van der Waals surface area (Å²) in [5, 5.41) is 19.0. The molecule has 2 saturated heterocycles. The number of carbonyl (C=O) groups is 1. The highest BCUT2D eigenvalue weighted by Gasteiger charge is 2.36. The fraction of sp³-hybridized carbons (Fsp3) is 0.579. The van der Waals surface area contributed by atoms with E-state index in [1.807, 2.05) is 0 Å². The molecule has 1 aromatic rings. The van der Waals surface area contributed by atoms with Crippen LogP contribution in [-0.2, 0) is 0 Å². The number of carbonyl (C=O) groups excluding carboxylic acids is 1. The highest BCUT2D eigenvalue weighted by atomic mass is 16.3. The zero-order valence-electron chi connectivity index (χ0n) is 14.8. The standard InChI is InChI=1S/C19H26N4O2/c1-21-6-8-22(9-7-21)11-16-12-23(13-17(16)14-24)19(25)18-5-3-2-4-15(18)10-20/h2-5,16-17,24H,6-9,11-14H2,1H3/t16-,17-/m1/s1. The van der Waals surface area contributed by atoms with Crippen LogP contribution < -0.4 is 0 Å². The summed E-state index contributed by atoms with van der Waals surface area (Å²) < 4.78 is 0. The molecule has 0 saturated carbocycles. The summed E-state index contributed by atoms with van der Waals surface area (Å²) in [5.41, 5.74) is 0.873. The Hall–Kier alpha value is -1.94. The smallest absolute Gasteiger partial charge is 0.255 e. The van der Waals surface area contributed by atoms with E-state index in [0.29, 0.717) is 24.2 Å². The first kappa shape index (κ1) is 17.9. The van der Waals surface area contributed by atoms with Crippen LogP contribution in [0.25, 0.3) is 0 Å². The number of amides is 1. The number of hydrogen-bond acceptors (Lipinski definition) is 5. The van der Waals surface area contributed by atoms with Crippen LogP contribution in [0.4, 0.5) is 0 Å². The number of likely N-dealkylation sites (tertiary alicyclic amines) is 1. The van der Waals surface area contributed by atoms with Gasteiger partial charge in [0.2, 0.25) is 0 Å². The van der Waals surface area contributed by atoms with Gasteiger partial charge in [0.15, 0.2) is 0 Å². The molecule has 1 aromatic carbocycles. The number of benzene rings is 1. The minimum absolute atomic E-state index is 0.0993. The van der Waals surface area contributed by atoms with E-state index in [9.17, 15) is 15.2 Å². The lowest BCUT2D eigenvalue weighted by molar-refractivity contribution is 0.0776. The molecule has 6 nitrogen and oxygen atoms in total. The molecule has 0 bridgehead atoms. The molecule has 0 aromatic heterocycles. The number of nitriles is 1. The van der Waals surface area contributed by atoms with E-state index in [4.69, 9.17) is 0 Å². The minimum Gasteiger partial charge on any atom is -0.396 e. The highest BCUT2D eigenvalue weighted by molar-refractivity contribution is 5.96. The van der Waals surface area contributed by atoms with Gasteiger partial charge in [0.1, 0.15) is 0 Å². The van der Waals surface area contributed by atoms with Gasteiger partial charge in [-0.1, -0.05) is 12.1 Å². The lowest BCUT2D eigenvalue weighted by Crippen LogP contribution is -2.47. The van der Waals surface area contributed by atoms with Gasteiger partial charge in [-0.2, -0.15) is 5.26 Å². The Morgan fingerprint density at radius 2 is 1.88 bits per heavy atom. The largest absolute Gasteiger partial charge is 0.396 e. The van der Waals surface area contributed by atoms with Gasteiger partial charge in [-0.15, -0.1) is 0 Å². The summed E-state index contributed by atoms with van der Waals surface area (Å²) in [6.45, 7) is 6.44. The van der Waals surface area contributed by atoms with Crippen LogP contribution in [-0.4, -0.2) is 85.2 Å². The van der Waals surface area contributed by atoms with E-state index in [1.54, 1.807) is 29.2 Å². The van der Waals surface area contributed by atoms with Gasteiger partial charge < -0.3 is 19.8 Å². The molecule has 2 aliphatic rings. The van der Waals surface area contributed by atoms with Crippen LogP contribution in [0.3, 0.4) is 0 Å². The summed E-state index contributed by atoms with van der Waals surface area (Å²) >= 11 is 0. The number of likely N-dealkylation sites (N-methyl/N-ethyl adjacent to an activating group) is 1. The summed E-state index contributed by atoms with van der Waals surface area (Å²) in [7, 11) is 2.14. The summed E-state index contributed by atoms with van der Waals surface area (Å²) in [6, 6.07) is 9.04. The Bertz CT molecular complexity index is 649. The Labute approximate surface area is 149 Å². The lowest BCUT2D eigenvalue weighted by Gasteiger charge is -2.34. The van der Waals surface area contributed by atoms with Crippen LogP contribution in [0.15, 0.2) is 24.3 Å². The molecular weight excluding hydrogens is 316 g/mol. The third-order valence-electron chi connectivity index (χ3n) is 5.46. The van der Waals surface area contributed by atoms with Gasteiger partial charge in [-0.05, 0) is 25.1 Å². The molecule has 0 spiro atoms. The summed E-state index contributed by atoms with van der Waals surface area (Å²) in [4.78, 5) is 19.4. The van der Waals surface area contributed by atoms with Crippen molar-refractivity contribution in [3.63, 3.8) is 0 Å². The molecule has 6 heteroatoms. The Morgan fingerprint density at radius 3 is 2.56 bits per heavy atom. The average molecular weight is 342 g/mol. The van der Waals surface area contributed by atoms with Crippen molar-refractivity contribution in [3.05, 3.63) is 35.4 Å². The number of rotatable bonds is 4. The third kappa shape index (κ3) is 4.01. The number of aliphatic hydroxyl groups is 1.